The second kappa shape index (κ2) is 10.0. The number of carbonyl (C=O) groups is 1. The van der Waals surface area contributed by atoms with Crippen LogP contribution in [-0.4, -0.2) is 43.2 Å². The van der Waals surface area contributed by atoms with Crippen LogP contribution in [0.2, 0.25) is 0 Å². The zero-order chi connectivity index (χ0) is 21.7. The molecule has 3 rings (SSSR count). The van der Waals surface area contributed by atoms with Crippen molar-refractivity contribution in [2.75, 3.05) is 19.6 Å². The van der Waals surface area contributed by atoms with E-state index in [4.69, 9.17) is 0 Å². The number of amides is 1. The van der Waals surface area contributed by atoms with Gasteiger partial charge >= 0.3 is 0 Å². The van der Waals surface area contributed by atoms with Crippen LogP contribution in [0.1, 0.15) is 47.5 Å². The Morgan fingerprint density at radius 3 is 2.57 bits per heavy atom. The summed E-state index contributed by atoms with van der Waals surface area (Å²) in [7, 11) is -3.51. The Hall–Kier alpha value is -1.77. The first-order valence-corrected chi connectivity index (χ1v) is 12.9. The molecule has 6 nitrogen and oxygen atoms in total. The number of unbranched alkanes of at least 4 members (excludes halogenated alkanes) is 1. The summed E-state index contributed by atoms with van der Waals surface area (Å²) in [6, 6.07) is 5.41. The van der Waals surface area contributed by atoms with E-state index in [-0.39, 0.29) is 11.8 Å². The van der Waals surface area contributed by atoms with Gasteiger partial charge in [-0.2, -0.15) is 4.31 Å². The molecule has 2 aromatic rings. The number of carbonyl (C=O) groups excluding carboxylic acids is 1. The molecule has 0 spiro atoms. The molecule has 1 fully saturated rings. The molecular formula is C22H31N3O3S2. The third-order valence-corrected chi connectivity index (χ3v) is 8.64. The average Bonchev–Trinajstić information content (AvgIpc) is 3.12. The van der Waals surface area contributed by atoms with Crippen molar-refractivity contribution in [3.63, 3.8) is 0 Å². The summed E-state index contributed by atoms with van der Waals surface area (Å²) in [6.07, 6.45) is 4.00. The highest BCUT2D eigenvalue weighted by Crippen LogP contribution is 2.26. The van der Waals surface area contributed by atoms with Crippen LogP contribution < -0.4 is 5.32 Å². The molecule has 0 unspecified atom stereocenters. The SMILES string of the molecule is Cc1ccc(S(=O)(=O)N2CCC(C(=O)NCCCCc3nc(C)cs3)CC2)c(C)c1. The predicted molar refractivity (Wildman–Crippen MR) is 120 cm³/mol. The lowest BCUT2D eigenvalue weighted by molar-refractivity contribution is -0.126. The van der Waals surface area contributed by atoms with Gasteiger partial charge in [-0.1, -0.05) is 17.7 Å². The molecule has 2 heterocycles. The first-order valence-electron chi connectivity index (χ1n) is 10.5. The van der Waals surface area contributed by atoms with Gasteiger partial charge in [0, 0.05) is 36.6 Å². The number of rotatable bonds is 8. The summed E-state index contributed by atoms with van der Waals surface area (Å²) >= 11 is 1.69. The van der Waals surface area contributed by atoms with Crippen molar-refractivity contribution in [3.8, 4) is 0 Å². The number of nitrogens with zero attached hydrogens (tertiary/aromatic N) is 2. The number of hydrogen-bond donors (Lipinski definition) is 1. The summed E-state index contributed by atoms with van der Waals surface area (Å²) in [6.45, 7) is 7.21. The minimum absolute atomic E-state index is 0.0451. The second-order valence-electron chi connectivity index (χ2n) is 8.08. The van der Waals surface area contributed by atoms with Gasteiger partial charge in [-0.05, 0) is 64.5 Å². The lowest BCUT2D eigenvalue weighted by Crippen LogP contribution is -2.43. The van der Waals surface area contributed by atoms with E-state index in [1.165, 1.54) is 4.31 Å². The van der Waals surface area contributed by atoms with Crippen LogP contribution in [0, 0.1) is 26.7 Å². The average molecular weight is 450 g/mol. The molecule has 1 aliphatic rings. The highest BCUT2D eigenvalue weighted by Gasteiger charge is 2.32. The Morgan fingerprint density at radius 1 is 1.20 bits per heavy atom. The molecule has 164 valence electrons. The maximum Gasteiger partial charge on any atom is 0.243 e. The van der Waals surface area contributed by atoms with Crippen LogP contribution in [-0.2, 0) is 21.2 Å². The van der Waals surface area contributed by atoms with Crippen LogP contribution in [0.4, 0.5) is 0 Å². The second-order valence-corrected chi connectivity index (χ2v) is 10.9. The summed E-state index contributed by atoms with van der Waals surface area (Å²) in [5.41, 5.74) is 2.88. The molecule has 1 aromatic carbocycles. The van der Waals surface area contributed by atoms with E-state index in [0.717, 1.165) is 41.1 Å². The fraction of sp³-hybridized carbons (Fsp3) is 0.545. The first kappa shape index (κ1) is 22.9. The van der Waals surface area contributed by atoms with E-state index < -0.39 is 10.0 Å². The summed E-state index contributed by atoms with van der Waals surface area (Å²) in [5, 5.41) is 6.23. The van der Waals surface area contributed by atoms with Crippen molar-refractivity contribution < 1.29 is 13.2 Å². The van der Waals surface area contributed by atoms with Gasteiger partial charge in [0.1, 0.15) is 0 Å². The Balaban J connectivity index is 1.42. The highest BCUT2D eigenvalue weighted by molar-refractivity contribution is 7.89. The van der Waals surface area contributed by atoms with Crippen molar-refractivity contribution in [1.29, 1.82) is 0 Å². The van der Waals surface area contributed by atoms with Crippen molar-refractivity contribution in [2.45, 2.75) is 57.8 Å². The molecule has 1 amide bonds. The minimum atomic E-state index is -3.51. The Labute approximate surface area is 183 Å². The van der Waals surface area contributed by atoms with Crippen molar-refractivity contribution in [2.24, 2.45) is 5.92 Å². The van der Waals surface area contributed by atoms with Crippen LogP contribution in [0.15, 0.2) is 28.5 Å². The van der Waals surface area contributed by atoms with E-state index in [0.29, 0.717) is 37.4 Å². The molecule has 0 bridgehead atoms. The van der Waals surface area contributed by atoms with E-state index in [1.54, 1.807) is 17.4 Å². The molecule has 1 saturated heterocycles. The molecule has 0 atom stereocenters. The number of thiazole rings is 1. The number of aryl methyl sites for hydroxylation is 4. The van der Waals surface area contributed by atoms with E-state index in [2.05, 4.69) is 15.7 Å². The molecule has 1 N–H and O–H groups in total. The van der Waals surface area contributed by atoms with Gasteiger partial charge in [0.25, 0.3) is 0 Å². The number of nitrogens with one attached hydrogen (secondary N) is 1. The molecule has 0 saturated carbocycles. The third kappa shape index (κ3) is 5.68. The zero-order valence-corrected chi connectivity index (χ0v) is 19.6. The summed E-state index contributed by atoms with van der Waals surface area (Å²) in [5.74, 6) is -0.0687. The molecule has 0 radical (unpaired) electrons. The number of sulfonamides is 1. The largest absolute Gasteiger partial charge is 0.356 e. The lowest BCUT2D eigenvalue weighted by atomic mass is 9.97. The van der Waals surface area contributed by atoms with Crippen molar-refractivity contribution >= 4 is 27.3 Å². The molecule has 0 aliphatic carbocycles. The number of piperidine rings is 1. The van der Waals surface area contributed by atoms with Crippen molar-refractivity contribution in [1.82, 2.24) is 14.6 Å². The number of hydrogen-bond acceptors (Lipinski definition) is 5. The Morgan fingerprint density at radius 2 is 1.93 bits per heavy atom. The van der Waals surface area contributed by atoms with E-state index in [9.17, 15) is 13.2 Å². The minimum Gasteiger partial charge on any atom is -0.356 e. The first-order chi connectivity index (χ1) is 14.3. The standard InChI is InChI=1S/C22H31N3O3S2/c1-16-7-8-20(17(2)14-16)30(27,28)25-12-9-19(10-13-25)22(26)23-11-5-4-6-21-24-18(3)15-29-21/h7-8,14-15,19H,4-6,9-13H2,1-3H3,(H,23,26). The summed E-state index contributed by atoms with van der Waals surface area (Å²) in [4.78, 5) is 17.3. The van der Waals surface area contributed by atoms with Gasteiger partial charge in [0.05, 0.1) is 9.90 Å². The van der Waals surface area contributed by atoms with Gasteiger partial charge < -0.3 is 5.32 Å². The van der Waals surface area contributed by atoms with Gasteiger partial charge in [-0.15, -0.1) is 11.3 Å². The Bertz CT molecular complexity index is 977. The summed E-state index contributed by atoms with van der Waals surface area (Å²) < 4.78 is 27.5. The van der Waals surface area contributed by atoms with Crippen LogP contribution >= 0.6 is 11.3 Å². The quantitative estimate of drug-likeness (QED) is 0.625. The monoisotopic (exact) mass is 449 g/mol. The van der Waals surface area contributed by atoms with Crippen LogP contribution in [0.25, 0.3) is 0 Å². The van der Waals surface area contributed by atoms with Crippen LogP contribution in [0.3, 0.4) is 0 Å². The number of aromatic nitrogens is 1. The molecule has 1 aliphatic heterocycles. The maximum atomic E-state index is 13.0. The third-order valence-electron chi connectivity index (χ3n) is 5.56. The van der Waals surface area contributed by atoms with Gasteiger partial charge in [0.2, 0.25) is 15.9 Å². The lowest BCUT2D eigenvalue weighted by Gasteiger charge is -2.31. The highest BCUT2D eigenvalue weighted by atomic mass is 32.2. The normalized spacial score (nSPS) is 16.0. The van der Waals surface area contributed by atoms with Crippen molar-refractivity contribution in [3.05, 3.63) is 45.4 Å². The maximum absolute atomic E-state index is 13.0. The smallest absolute Gasteiger partial charge is 0.243 e. The Kier molecular flexibility index (Phi) is 7.65. The molecular weight excluding hydrogens is 418 g/mol. The topological polar surface area (TPSA) is 79.4 Å². The van der Waals surface area contributed by atoms with Gasteiger partial charge in [0.15, 0.2) is 0 Å². The molecule has 1 aromatic heterocycles. The van der Waals surface area contributed by atoms with E-state index >= 15 is 0 Å². The van der Waals surface area contributed by atoms with E-state index in [1.807, 2.05) is 32.9 Å². The fourth-order valence-electron chi connectivity index (χ4n) is 3.86. The molecule has 8 heteroatoms. The number of benzene rings is 1. The fourth-order valence-corrected chi connectivity index (χ4v) is 6.35. The van der Waals surface area contributed by atoms with Gasteiger partial charge in [-0.3, -0.25) is 4.79 Å². The predicted octanol–water partition coefficient (Wildman–Crippen LogP) is 3.61. The molecule has 30 heavy (non-hydrogen) atoms. The van der Waals surface area contributed by atoms with Crippen LogP contribution in [0.5, 0.6) is 0 Å². The zero-order valence-electron chi connectivity index (χ0n) is 18.0. The van der Waals surface area contributed by atoms with Gasteiger partial charge in [-0.25, -0.2) is 13.4 Å².